The second-order valence-corrected chi connectivity index (χ2v) is 6.90. The summed E-state index contributed by atoms with van der Waals surface area (Å²) in [5.74, 6) is -0.453. The molecular formula is C20H18ClF3N2O3. The Kier molecular flexibility index (Phi) is 6.32. The van der Waals surface area contributed by atoms with Gasteiger partial charge in [-0.05, 0) is 36.4 Å². The van der Waals surface area contributed by atoms with Gasteiger partial charge in [-0.3, -0.25) is 9.59 Å². The Labute approximate surface area is 170 Å². The Balaban J connectivity index is 1.56. The second kappa shape index (κ2) is 8.73. The summed E-state index contributed by atoms with van der Waals surface area (Å²) in [6.07, 6.45) is -4.61. The molecule has 0 bridgehead atoms. The number of carbonyl (C=O) groups excluding carboxylic acids is 2. The number of rotatable bonds is 4. The molecule has 3 rings (SSSR count). The molecule has 0 aromatic heterocycles. The average Bonchev–Trinajstić information content (AvgIpc) is 2.72. The largest absolute Gasteiger partial charge is 0.484 e. The number of hydrogen-bond donors (Lipinski definition) is 0. The van der Waals surface area contributed by atoms with Gasteiger partial charge in [0.15, 0.2) is 6.61 Å². The maximum Gasteiger partial charge on any atom is 0.417 e. The third-order valence-electron chi connectivity index (χ3n) is 4.56. The highest BCUT2D eigenvalue weighted by molar-refractivity contribution is 6.30. The van der Waals surface area contributed by atoms with Crippen molar-refractivity contribution >= 4 is 23.4 Å². The van der Waals surface area contributed by atoms with E-state index in [1.165, 1.54) is 28.0 Å². The summed E-state index contributed by atoms with van der Waals surface area (Å²) in [5, 5.41) is 0.552. The topological polar surface area (TPSA) is 49.9 Å². The molecule has 0 saturated carbocycles. The van der Waals surface area contributed by atoms with Gasteiger partial charge in [-0.2, -0.15) is 13.2 Å². The minimum Gasteiger partial charge on any atom is -0.484 e. The molecule has 0 radical (unpaired) electrons. The van der Waals surface area contributed by atoms with Crippen LogP contribution in [0, 0.1) is 0 Å². The van der Waals surface area contributed by atoms with Crippen LogP contribution in [0.3, 0.4) is 0 Å². The summed E-state index contributed by atoms with van der Waals surface area (Å²) in [6, 6.07) is 11.3. The van der Waals surface area contributed by atoms with Gasteiger partial charge in [0.25, 0.3) is 11.8 Å². The summed E-state index contributed by atoms with van der Waals surface area (Å²) in [7, 11) is 0. The molecule has 1 heterocycles. The van der Waals surface area contributed by atoms with E-state index in [9.17, 15) is 22.8 Å². The summed E-state index contributed by atoms with van der Waals surface area (Å²) >= 11 is 5.79. The average molecular weight is 427 g/mol. The maximum atomic E-state index is 13.1. The summed E-state index contributed by atoms with van der Waals surface area (Å²) in [6.45, 7) is 0.577. The van der Waals surface area contributed by atoms with Crippen LogP contribution in [0.5, 0.6) is 5.75 Å². The number of amides is 2. The molecule has 154 valence electrons. The molecule has 0 aliphatic carbocycles. The molecule has 2 aromatic rings. The van der Waals surface area contributed by atoms with Crippen molar-refractivity contribution < 1.29 is 27.5 Å². The van der Waals surface area contributed by atoms with Crippen molar-refractivity contribution in [3.05, 3.63) is 64.7 Å². The van der Waals surface area contributed by atoms with Gasteiger partial charge in [0.05, 0.1) is 11.1 Å². The van der Waals surface area contributed by atoms with Gasteiger partial charge in [-0.15, -0.1) is 0 Å². The van der Waals surface area contributed by atoms with Crippen LogP contribution in [-0.4, -0.2) is 54.4 Å². The lowest BCUT2D eigenvalue weighted by Crippen LogP contribution is -2.51. The van der Waals surface area contributed by atoms with Crippen LogP contribution in [-0.2, 0) is 11.0 Å². The van der Waals surface area contributed by atoms with E-state index in [1.54, 1.807) is 24.3 Å². The van der Waals surface area contributed by atoms with Gasteiger partial charge in [0.2, 0.25) is 0 Å². The van der Waals surface area contributed by atoms with E-state index >= 15 is 0 Å². The Morgan fingerprint density at radius 3 is 2.14 bits per heavy atom. The predicted molar refractivity (Wildman–Crippen MR) is 101 cm³/mol. The highest BCUT2D eigenvalue weighted by atomic mass is 35.5. The van der Waals surface area contributed by atoms with Crippen LogP contribution in [0.25, 0.3) is 0 Å². The van der Waals surface area contributed by atoms with Crippen molar-refractivity contribution in [2.75, 3.05) is 32.8 Å². The number of nitrogens with zero attached hydrogens (tertiary/aromatic N) is 2. The normalized spacial score (nSPS) is 14.6. The number of alkyl halides is 3. The summed E-state index contributed by atoms with van der Waals surface area (Å²) < 4.78 is 44.9. The Hall–Kier alpha value is -2.74. The number of ether oxygens (including phenoxy) is 1. The van der Waals surface area contributed by atoms with Gasteiger partial charge >= 0.3 is 6.18 Å². The van der Waals surface area contributed by atoms with Crippen molar-refractivity contribution in [3.63, 3.8) is 0 Å². The molecule has 2 aromatic carbocycles. The zero-order valence-electron chi connectivity index (χ0n) is 15.3. The van der Waals surface area contributed by atoms with Crippen molar-refractivity contribution in [2.45, 2.75) is 6.18 Å². The Morgan fingerprint density at radius 1 is 0.931 bits per heavy atom. The highest BCUT2D eigenvalue weighted by Gasteiger charge is 2.36. The predicted octanol–water partition coefficient (Wildman–Crippen LogP) is 3.72. The summed E-state index contributed by atoms with van der Waals surface area (Å²) in [5.41, 5.74) is -1.34. The first-order valence-corrected chi connectivity index (χ1v) is 9.25. The minimum atomic E-state index is -4.61. The third-order valence-corrected chi connectivity index (χ3v) is 4.81. The number of piperazine rings is 1. The van der Waals surface area contributed by atoms with Crippen LogP contribution >= 0.6 is 11.6 Å². The summed E-state index contributed by atoms with van der Waals surface area (Å²) in [4.78, 5) is 27.7. The molecule has 0 atom stereocenters. The van der Waals surface area contributed by atoms with Crippen molar-refractivity contribution in [1.29, 1.82) is 0 Å². The third kappa shape index (κ3) is 5.20. The van der Waals surface area contributed by atoms with E-state index in [4.69, 9.17) is 16.3 Å². The Bertz CT molecular complexity index is 879. The van der Waals surface area contributed by atoms with Crippen LogP contribution in [0.15, 0.2) is 48.5 Å². The first-order chi connectivity index (χ1) is 13.8. The lowest BCUT2D eigenvalue weighted by atomic mass is 10.1. The monoisotopic (exact) mass is 426 g/mol. The Morgan fingerprint density at radius 2 is 1.52 bits per heavy atom. The molecule has 0 unspecified atom stereocenters. The van der Waals surface area contributed by atoms with Crippen LogP contribution in [0.4, 0.5) is 13.2 Å². The number of benzene rings is 2. The van der Waals surface area contributed by atoms with Gasteiger partial charge in [0.1, 0.15) is 5.75 Å². The second-order valence-electron chi connectivity index (χ2n) is 6.46. The zero-order chi connectivity index (χ0) is 21.0. The number of hydrogen-bond acceptors (Lipinski definition) is 3. The lowest BCUT2D eigenvalue weighted by Gasteiger charge is -2.35. The smallest absolute Gasteiger partial charge is 0.417 e. The van der Waals surface area contributed by atoms with E-state index in [0.29, 0.717) is 10.8 Å². The van der Waals surface area contributed by atoms with Crippen LogP contribution in [0.1, 0.15) is 15.9 Å². The highest BCUT2D eigenvalue weighted by Crippen LogP contribution is 2.32. The van der Waals surface area contributed by atoms with E-state index in [1.807, 2.05) is 0 Å². The van der Waals surface area contributed by atoms with Gasteiger partial charge in [-0.1, -0.05) is 23.7 Å². The fourth-order valence-corrected chi connectivity index (χ4v) is 3.14. The van der Waals surface area contributed by atoms with E-state index in [0.717, 1.165) is 6.07 Å². The fraction of sp³-hybridized carbons (Fsp3) is 0.300. The fourth-order valence-electron chi connectivity index (χ4n) is 3.01. The van der Waals surface area contributed by atoms with Crippen LogP contribution in [0.2, 0.25) is 5.02 Å². The molecule has 1 aliphatic heterocycles. The lowest BCUT2D eigenvalue weighted by molar-refractivity contribution is -0.138. The molecule has 1 aliphatic rings. The van der Waals surface area contributed by atoms with E-state index in [2.05, 4.69) is 0 Å². The molecule has 1 fully saturated rings. The van der Waals surface area contributed by atoms with E-state index in [-0.39, 0.29) is 44.3 Å². The minimum absolute atomic E-state index is 0.151. The molecule has 1 saturated heterocycles. The molecule has 0 spiro atoms. The zero-order valence-corrected chi connectivity index (χ0v) is 16.0. The molecule has 2 amide bonds. The van der Waals surface area contributed by atoms with Crippen molar-refractivity contribution in [3.8, 4) is 5.75 Å². The number of carbonyl (C=O) groups is 2. The molecule has 29 heavy (non-hydrogen) atoms. The van der Waals surface area contributed by atoms with Gasteiger partial charge in [-0.25, -0.2) is 0 Å². The van der Waals surface area contributed by atoms with Crippen LogP contribution < -0.4 is 4.74 Å². The van der Waals surface area contributed by atoms with E-state index < -0.39 is 17.6 Å². The molecular weight excluding hydrogens is 409 g/mol. The van der Waals surface area contributed by atoms with Gasteiger partial charge < -0.3 is 14.5 Å². The molecule has 5 nitrogen and oxygen atoms in total. The SMILES string of the molecule is O=C(COc1ccc(Cl)cc1)N1CCN(C(=O)c2ccccc2C(F)(F)F)CC1. The molecule has 9 heteroatoms. The first kappa shape index (κ1) is 21.0. The standard InChI is InChI=1S/C20H18ClF3N2O3/c21-14-5-7-15(8-6-14)29-13-18(27)25-9-11-26(12-10-25)19(28)16-3-1-2-4-17(16)20(22,23)24/h1-8H,9-13H2. The number of halogens is 4. The first-order valence-electron chi connectivity index (χ1n) is 8.87. The van der Waals surface area contributed by atoms with Crippen molar-refractivity contribution in [1.82, 2.24) is 9.80 Å². The maximum absolute atomic E-state index is 13.1. The quantitative estimate of drug-likeness (QED) is 0.748. The van der Waals surface area contributed by atoms with Gasteiger partial charge in [0, 0.05) is 31.2 Å². The molecule has 0 N–H and O–H groups in total. The van der Waals surface area contributed by atoms with Crippen molar-refractivity contribution in [2.24, 2.45) is 0 Å².